The van der Waals surface area contributed by atoms with Gasteiger partial charge in [-0.3, -0.25) is 19.2 Å². The summed E-state index contributed by atoms with van der Waals surface area (Å²) in [4.78, 5) is 55.0. The van der Waals surface area contributed by atoms with Crippen molar-refractivity contribution in [3.8, 4) is 0 Å². The Morgan fingerprint density at radius 2 is 1.77 bits per heavy atom. The number of rotatable bonds is 8. The van der Waals surface area contributed by atoms with E-state index in [2.05, 4.69) is 0 Å². The summed E-state index contributed by atoms with van der Waals surface area (Å²) in [6.45, 7) is 5.92. The number of allylic oxidation sites excluding steroid dienone is 1. The molecule has 3 rings (SSSR count). The maximum Gasteiger partial charge on any atom is 0.318 e. The molecule has 0 aliphatic carbocycles. The highest BCUT2D eigenvalue weighted by molar-refractivity contribution is 5.92. The van der Waals surface area contributed by atoms with Gasteiger partial charge in [-0.05, 0) is 52.4 Å². The normalized spacial score (nSPS) is 25.7. The first-order valence-electron chi connectivity index (χ1n) is 11.6. The van der Waals surface area contributed by atoms with Gasteiger partial charge in [0, 0.05) is 44.1 Å². The van der Waals surface area contributed by atoms with Gasteiger partial charge in [-0.1, -0.05) is 6.08 Å². The summed E-state index contributed by atoms with van der Waals surface area (Å²) in [6.07, 6.45) is 5.99. The smallest absolute Gasteiger partial charge is 0.318 e. The summed E-state index contributed by atoms with van der Waals surface area (Å²) < 4.78 is 10.5. The van der Waals surface area contributed by atoms with E-state index in [1.54, 1.807) is 23.6 Å². The second-order valence-corrected chi connectivity index (χ2v) is 8.52. The van der Waals surface area contributed by atoms with Crippen LogP contribution < -0.4 is 0 Å². The molecule has 3 aliphatic rings. The van der Waals surface area contributed by atoms with Crippen LogP contribution in [-0.4, -0.2) is 66.4 Å². The summed E-state index contributed by atoms with van der Waals surface area (Å²) in [5, 5.41) is 0. The van der Waals surface area contributed by atoms with Crippen molar-refractivity contribution in [2.45, 2.75) is 65.2 Å². The van der Waals surface area contributed by atoms with E-state index in [1.807, 2.05) is 6.08 Å². The minimum Gasteiger partial charge on any atom is -0.466 e. The predicted molar refractivity (Wildman–Crippen MR) is 113 cm³/mol. The Morgan fingerprint density at radius 1 is 1.06 bits per heavy atom. The molecule has 0 radical (unpaired) electrons. The first-order chi connectivity index (χ1) is 14.9. The topological polar surface area (TPSA) is 93.2 Å². The lowest BCUT2D eigenvalue weighted by atomic mass is 9.67. The van der Waals surface area contributed by atoms with Gasteiger partial charge < -0.3 is 19.3 Å². The fourth-order valence-electron chi connectivity index (χ4n) is 5.04. The van der Waals surface area contributed by atoms with Gasteiger partial charge in [0.1, 0.15) is 5.41 Å². The number of hydrogen-bond donors (Lipinski definition) is 0. The standard InChI is InChI=1S/C23H34N2O6/c1-3-30-20(27)10-11-23(22(29)31-4-2)16-17(15-19(26)24-12-7-8-13-24)21(28)25-14-6-5-9-18(23)25/h9,17H,3-8,10-16H2,1-2H3/t17-,23-/m1/s1. The number of carbonyl (C=O) groups is 4. The van der Waals surface area contributed by atoms with E-state index in [0.717, 1.165) is 38.8 Å². The van der Waals surface area contributed by atoms with Gasteiger partial charge in [0.25, 0.3) is 0 Å². The highest BCUT2D eigenvalue weighted by atomic mass is 16.5. The Hall–Kier alpha value is -2.38. The van der Waals surface area contributed by atoms with Crippen LogP contribution in [-0.2, 0) is 28.7 Å². The van der Waals surface area contributed by atoms with Crippen molar-refractivity contribution in [2.75, 3.05) is 32.8 Å². The van der Waals surface area contributed by atoms with Crippen LogP contribution in [0.5, 0.6) is 0 Å². The molecule has 8 nitrogen and oxygen atoms in total. The van der Waals surface area contributed by atoms with E-state index < -0.39 is 17.3 Å². The summed E-state index contributed by atoms with van der Waals surface area (Å²) >= 11 is 0. The molecule has 3 heterocycles. The molecule has 0 unspecified atom stereocenters. The van der Waals surface area contributed by atoms with Crippen LogP contribution >= 0.6 is 0 Å². The zero-order chi connectivity index (χ0) is 22.4. The van der Waals surface area contributed by atoms with E-state index in [9.17, 15) is 19.2 Å². The van der Waals surface area contributed by atoms with Gasteiger partial charge in [-0.2, -0.15) is 0 Å². The van der Waals surface area contributed by atoms with Gasteiger partial charge in [0.2, 0.25) is 11.8 Å². The van der Waals surface area contributed by atoms with E-state index in [-0.39, 0.29) is 56.7 Å². The maximum absolute atomic E-state index is 13.3. The first-order valence-corrected chi connectivity index (χ1v) is 11.6. The lowest BCUT2D eigenvalue weighted by Crippen LogP contribution is -2.54. The Morgan fingerprint density at radius 3 is 2.45 bits per heavy atom. The molecule has 0 bridgehead atoms. The fourth-order valence-corrected chi connectivity index (χ4v) is 5.04. The van der Waals surface area contributed by atoms with Crippen molar-refractivity contribution >= 4 is 23.8 Å². The Bertz CT molecular complexity index is 742. The maximum atomic E-state index is 13.3. The lowest BCUT2D eigenvalue weighted by molar-refractivity contribution is -0.163. The van der Waals surface area contributed by atoms with Crippen LogP contribution in [0.25, 0.3) is 0 Å². The Balaban J connectivity index is 1.91. The molecule has 0 aromatic heterocycles. The largest absolute Gasteiger partial charge is 0.466 e. The molecule has 2 amide bonds. The second kappa shape index (κ2) is 10.3. The molecule has 3 aliphatic heterocycles. The third-order valence-corrected chi connectivity index (χ3v) is 6.52. The molecule has 2 saturated heterocycles. The highest BCUT2D eigenvalue weighted by Gasteiger charge is 2.54. The minimum atomic E-state index is -1.12. The molecule has 2 fully saturated rings. The van der Waals surface area contributed by atoms with Crippen LogP contribution in [0.1, 0.15) is 65.2 Å². The number of carbonyl (C=O) groups excluding carboxylic acids is 4. The summed E-state index contributed by atoms with van der Waals surface area (Å²) in [7, 11) is 0. The SMILES string of the molecule is CCOC(=O)CC[C@@]1(C(=O)OCC)C[C@@H](CC(=O)N2CCCC2)C(=O)N2CCCC=C21. The second-order valence-electron chi connectivity index (χ2n) is 8.52. The molecular formula is C23H34N2O6. The number of hydrogen-bond acceptors (Lipinski definition) is 6. The van der Waals surface area contributed by atoms with Crippen molar-refractivity contribution < 1.29 is 28.7 Å². The molecule has 8 heteroatoms. The fraction of sp³-hybridized carbons (Fsp3) is 0.739. The molecule has 172 valence electrons. The van der Waals surface area contributed by atoms with Gasteiger partial charge in [0.15, 0.2) is 0 Å². The van der Waals surface area contributed by atoms with Crippen LogP contribution in [0.15, 0.2) is 11.8 Å². The number of esters is 2. The van der Waals surface area contributed by atoms with E-state index >= 15 is 0 Å². The van der Waals surface area contributed by atoms with Crippen molar-refractivity contribution in [3.63, 3.8) is 0 Å². The van der Waals surface area contributed by atoms with Crippen LogP contribution in [0.3, 0.4) is 0 Å². The monoisotopic (exact) mass is 434 g/mol. The molecule has 31 heavy (non-hydrogen) atoms. The zero-order valence-electron chi connectivity index (χ0n) is 18.7. The number of nitrogens with zero attached hydrogens (tertiary/aromatic N) is 2. The number of fused-ring (bicyclic) bond motifs is 1. The van der Waals surface area contributed by atoms with E-state index in [0.29, 0.717) is 12.2 Å². The van der Waals surface area contributed by atoms with E-state index in [4.69, 9.17) is 9.47 Å². The van der Waals surface area contributed by atoms with Crippen molar-refractivity contribution in [1.82, 2.24) is 9.80 Å². The zero-order valence-corrected chi connectivity index (χ0v) is 18.7. The number of piperidine rings is 1. The van der Waals surface area contributed by atoms with Crippen molar-refractivity contribution in [3.05, 3.63) is 11.8 Å². The number of likely N-dealkylation sites (tertiary alicyclic amines) is 1. The minimum absolute atomic E-state index is 0.0385. The van der Waals surface area contributed by atoms with Gasteiger partial charge in [0.05, 0.1) is 13.2 Å². The summed E-state index contributed by atoms with van der Waals surface area (Å²) in [5.41, 5.74) is -0.482. The van der Waals surface area contributed by atoms with Crippen molar-refractivity contribution in [1.29, 1.82) is 0 Å². The third kappa shape index (κ3) is 4.93. The summed E-state index contributed by atoms with van der Waals surface area (Å²) in [6, 6.07) is 0. The molecule has 0 N–H and O–H groups in total. The van der Waals surface area contributed by atoms with Crippen LogP contribution in [0.4, 0.5) is 0 Å². The van der Waals surface area contributed by atoms with Gasteiger partial charge in [-0.15, -0.1) is 0 Å². The predicted octanol–water partition coefficient (Wildman–Crippen LogP) is 2.42. The Labute approximate surface area is 183 Å². The first kappa shape index (κ1) is 23.3. The van der Waals surface area contributed by atoms with Crippen LogP contribution in [0.2, 0.25) is 0 Å². The number of ether oxygens (including phenoxy) is 2. The van der Waals surface area contributed by atoms with Crippen LogP contribution in [0, 0.1) is 11.3 Å². The Kier molecular flexibility index (Phi) is 7.73. The van der Waals surface area contributed by atoms with Gasteiger partial charge >= 0.3 is 11.9 Å². The van der Waals surface area contributed by atoms with Crippen molar-refractivity contribution in [2.24, 2.45) is 11.3 Å². The summed E-state index contributed by atoms with van der Waals surface area (Å²) in [5.74, 6) is -1.55. The molecule has 0 aromatic carbocycles. The molecule has 0 saturated carbocycles. The average molecular weight is 435 g/mol. The third-order valence-electron chi connectivity index (χ3n) is 6.52. The highest BCUT2D eigenvalue weighted by Crippen LogP contribution is 2.49. The average Bonchev–Trinajstić information content (AvgIpc) is 3.30. The molecular weight excluding hydrogens is 400 g/mol. The molecule has 2 atom stereocenters. The number of amides is 2. The van der Waals surface area contributed by atoms with E-state index in [1.165, 1.54) is 0 Å². The molecule has 0 aromatic rings. The van der Waals surface area contributed by atoms with Gasteiger partial charge in [-0.25, -0.2) is 0 Å². The quantitative estimate of drug-likeness (QED) is 0.545. The lowest BCUT2D eigenvalue weighted by Gasteiger charge is -2.47. The molecule has 0 spiro atoms.